The van der Waals surface area contributed by atoms with E-state index in [0.29, 0.717) is 5.82 Å². The molecule has 102 valence electrons. The van der Waals surface area contributed by atoms with Gasteiger partial charge in [-0.05, 0) is 18.9 Å². The van der Waals surface area contributed by atoms with Crippen molar-refractivity contribution < 1.29 is 0 Å². The van der Waals surface area contributed by atoms with Crippen molar-refractivity contribution in [1.29, 1.82) is 0 Å². The van der Waals surface area contributed by atoms with Crippen LogP contribution in [0.4, 0.5) is 5.82 Å². The largest absolute Gasteiger partial charge is 0.382 e. The van der Waals surface area contributed by atoms with E-state index in [1.54, 1.807) is 11.8 Å². The molecule has 19 heavy (non-hydrogen) atoms. The lowest BCUT2D eigenvalue weighted by Crippen LogP contribution is -2.05. The fraction of sp³-hybridized carbons (Fsp3) is 0.583. The van der Waals surface area contributed by atoms with Crippen molar-refractivity contribution in [2.75, 3.05) is 11.5 Å². The summed E-state index contributed by atoms with van der Waals surface area (Å²) >= 11 is 1.74. The second-order valence-electron chi connectivity index (χ2n) is 4.71. The van der Waals surface area contributed by atoms with Crippen molar-refractivity contribution in [3.8, 4) is 0 Å². The van der Waals surface area contributed by atoms with Crippen LogP contribution < -0.4 is 5.73 Å². The average Bonchev–Trinajstić information content (AvgIpc) is 2.90. The van der Waals surface area contributed by atoms with Crippen LogP contribution in [0.5, 0.6) is 0 Å². The Morgan fingerprint density at radius 3 is 3.05 bits per heavy atom. The Hall–Kier alpha value is -1.50. The second kappa shape index (κ2) is 5.64. The highest BCUT2D eigenvalue weighted by atomic mass is 32.2. The first-order valence-electron chi connectivity index (χ1n) is 6.67. The summed E-state index contributed by atoms with van der Waals surface area (Å²) in [7, 11) is 0. The van der Waals surface area contributed by atoms with Crippen LogP contribution in [0.2, 0.25) is 0 Å². The van der Waals surface area contributed by atoms with Gasteiger partial charge in [-0.1, -0.05) is 18.2 Å². The van der Waals surface area contributed by atoms with Crippen LogP contribution in [0, 0.1) is 0 Å². The summed E-state index contributed by atoms with van der Waals surface area (Å²) in [5.41, 5.74) is 5.59. The Kier molecular flexibility index (Phi) is 3.72. The van der Waals surface area contributed by atoms with Gasteiger partial charge in [-0.25, -0.2) is 0 Å². The maximum Gasteiger partial charge on any atom is 0.191 e. The van der Waals surface area contributed by atoms with Gasteiger partial charge in [0.2, 0.25) is 0 Å². The molecule has 0 amide bonds. The van der Waals surface area contributed by atoms with E-state index >= 15 is 0 Å². The molecule has 7 heteroatoms. The molecule has 0 atom stereocenters. The predicted molar refractivity (Wildman–Crippen MR) is 74.9 cm³/mol. The molecule has 0 fully saturated rings. The molecule has 1 aliphatic rings. The summed E-state index contributed by atoms with van der Waals surface area (Å²) in [5, 5.41) is 13.8. The fourth-order valence-electron chi connectivity index (χ4n) is 2.30. The molecule has 0 saturated heterocycles. The van der Waals surface area contributed by atoms with Gasteiger partial charge in [-0.3, -0.25) is 4.68 Å². The zero-order chi connectivity index (χ0) is 13.1. The van der Waals surface area contributed by atoms with E-state index in [1.165, 1.54) is 19.3 Å². The molecule has 2 aromatic rings. The van der Waals surface area contributed by atoms with Gasteiger partial charge in [-0.15, -0.1) is 10.2 Å². The van der Waals surface area contributed by atoms with E-state index < -0.39 is 0 Å². The minimum absolute atomic E-state index is 0.571. The molecule has 1 aliphatic heterocycles. The van der Waals surface area contributed by atoms with E-state index in [2.05, 4.69) is 19.9 Å². The number of anilines is 1. The van der Waals surface area contributed by atoms with Crippen LogP contribution >= 0.6 is 11.8 Å². The zero-order valence-corrected chi connectivity index (χ0v) is 11.6. The van der Waals surface area contributed by atoms with E-state index in [4.69, 9.17) is 5.73 Å². The normalized spacial score (nSPS) is 15.2. The first kappa shape index (κ1) is 12.5. The van der Waals surface area contributed by atoms with Crippen molar-refractivity contribution in [3.63, 3.8) is 0 Å². The topological polar surface area (TPSA) is 74.6 Å². The fourth-order valence-corrected chi connectivity index (χ4v) is 3.21. The molecular formula is C12H18N6S. The number of hydrogen-bond donors (Lipinski definition) is 1. The van der Waals surface area contributed by atoms with Crippen LogP contribution in [0.25, 0.3) is 0 Å². The Morgan fingerprint density at radius 2 is 2.21 bits per heavy atom. The first-order chi connectivity index (χ1) is 9.33. The Labute approximate surface area is 116 Å². The molecule has 0 aromatic carbocycles. The minimum Gasteiger partial charge on any atom is -0.382 e. The van der Waals surface area contributed by atoms with E-state index in [0.717, 1.165) is 36.2 Å². The summed E-state index contributed by atoms with van der Waals surface area (Å²) in [4.78, 5) is 0. The van der Waals surface area contributed by atoms with Gasteiger partial charge in [-0.2, -0.15) is 5.10 Å². The molecule has 0 bridgehead atoms. The van der Waals surface area contributed by atoms with Crippen LogP contribution in [0.15, 0.2) is 17.4 Å². The molecule has 0 radical (unpaired) electrons. The van der Waals surface area contributed by atoms with Crippen molar-refractivity contribution in [1.82, 2.24) is 24.5 Å². The first-order valence-corrected chi connectivity index (χ1v) is 7.65. The molecule has 0 saturated carbocycles. The Bertz CT molecular complexity index is 546. The molecule has 3 rings (SSSR count). The molecule has 2 aromatic heterocycles. The van der Waals surface area contributed by atoms with Crippen LogP contribution in [0.1, 0.15) is 25.1 Å². The summed E-state index contributed by atoms with van der Waals surface area (Å²) in [6, 6.07) is 1.81. The van der Waals surface area contributed by atoms with Crippen LogP contribution in [0.3, 0.4) is 0 Å². The lowest BCUT2D eigenvalue weighted by atomic mass is 10.2. The summed E-state index contributed by atoms with van der Waals surface area (Å²) < 4.78 is 4.14. The van der Waals surface area contributed by atoms with Gasteiger partial charge in [0.25, 0.3) is 0 Å². The molecule has 6 nitrogen and oxygen atoms in total. The van der Waals surface area contributed by atoms with Gasteiger partial charge < -0.3 is 10.3 Å². The maximum atomic E-state index is 5.59. The van der Waals surface area contributed by atoms with Crippen molar-refractivity contribution in [3.05, 3.63) is 18.1 Å². The molecular weight excluding hydrogens is 260 g/mol. The van der Waals surface area contributed by atoms with E-state index in [9.17, 15) is 0 Å². The highest BCUT2D eigenvalue weighted by Crippen LogP contribution is 2.21. The molecule has 0 unspecified atom stereocenters. The smallest absolute Gasteiger partial charge is 0.191 e. The summed E-state index contributed by atoms with van der Waals surface area (Å²) in [5.74, 6) is 2.64. The second-order valence-corrected chi connectivity index (χ2v) is 5.78. The third-order valence-electron chi connectivity index (χ3n) is 3.29. The molecule has 3 heterocycles. The number of nitrogen functional groups attached to an aromatic ring is 1. The quantitative estimate of drug-likeness (QED) is 0.859. The minimum atomic E-state index is 0.571. The average molecular weight is 278 g/mol. The van der Waals surface area contributed by atoms with Crippen molar-refractivity contribution in [2.24, 2.45) is 0 Å². The lowest BCUT2D eigenvalue weighted by Gasteiger charge is -2.06. The highest BCUT2D eigenvalue weighted by Gasteiger charge is 2.14. The van der Waals surface area contributed by atoms with Gasteiger partial charge in [0.1, 0.15) is 11.6 Å². The number of hydrogen-bond acceptors (Lipinski definition) is 5. The van der Waals surface area contributed by atoms with Gasteiger partial charge in [0.15, 0.2) is 5.16 Å². The number of rotatable bonds is 4. The predicted octanol–water partition coefficient (Wildman–Crippen LogP) is 1.58. The number of thioether (sulfide) groups is 1. The number of aryl methyl sites for hydroxylation is 2. The summed E-state index contributed by atoms with van der Waals surface area (Å²) in [6.07, 6.45) is 6.72. The van der Waals surface area contributed by atoms with Crippen molar-refractivity contribution >= 4 is 17.6 Å². The van der Waals surface area contributed by atoms with Gasteiger partial charge in [0, 0.05) is 24.9 Å². The number of aromatic nitrogens is 5. The zero-order valence-electron chi connectivity index (χ0n) is 10.8. The molecule has 0 spiro atoms. The lowest BCUT2D eigenvalue weighted by molar-refractivity contribution is 0.590. The number of fused-ring (bicyclic) bond motifs is 1. The van der Waals surface area contributed by atoms with Crippen LogP contribution in [-0.2, 0) is 19.5 Å². The number of nitrogens with zero attached hydrogens (tertiary/aromatic N) is 5. The Morgan fingerprint density at radius 1 is 1.26 bits per heavy atom. The Balaban J connectivity index is 1.59. The highest BCUT2D eigenvalue weighted by molar-refractivity contribution is 7.99. The van der Waals surface area contributed by atoms with Gasteiger partial charge in [0.05, 0.1) is 6.54 Å². The van der Waals surface area contributed by atoms with Crippen LogP contribution in [-0.4, -0.2) is 30.3 Å². The molecule has 2 N–H and O–H groups in total. The van der Waals surface area contributed by atoms with Gasteiger partial charge >= 0.3 is 0 Å². The molecule has 0 aliphatic carbocycles. The SMILES string of the molecule is Nc1ccn(CCSc2nnc3n2CCCCC3)n1. The third kappa shape index (κ3) is 2.91. The van der Waals surface area contributed by atoms with E-state index in [1.807, 2.05) is 16.9 Å². The van der Waals surface area contributed by atoms with E-state index in [-0.39, 0.29) is 0 Å². The van der Waals surface area contributed by atoms with Crippen molar-refractivity contribution in [2.45, 2.75) is 43.9 Å². The standard InChI is InChI=1S/C12H18N6S/c13-10-5-7-17(16-10)8-9-19-12-15-14-11-4-2-1-3-6-18(11)12/h5,7H,1-4,6,8-9H2,(H2,13,16). The maximum absolute atomic E-state index is 5.59. The number of nitrogens with two attached hydrogens (primary N) is 1. The summed E-state index contributed by atoms with van der Waals surface area (Å²) in [6.45, 7) is 1.89. The monoisotopic (exact) mass is 278 g/mol. The third-order valence-corrected chi connectivity index (χ3v) is 4.24.